The first-order chi connectivity index (χ1) is 10.1. The van der Waals surface area contributed by atoms with Gasteiger partial charge in [-0.1, -0.05) is 12.1 Å². The van der Waals surface area contributed by atoms with Crippen LogP contribution in [0.3, 0.4) is 0 Å². The van der Waals surface area contributed by atoms with Crippen LogP contribution in [0.5, 0.6) is 11.5 Å². The summed E-state index contributed by atoms with van der Waals surface area (Å²) in [5.41, 5.74) is 1.91. The molecular formula is C17H20FNO2. The maximum absolute atomic E-state index is 13.2. The fourth-order valence-corrected chi connectivity index (χ4v) is 2.18. The van der Waals surface area contributed by atoms with Crippen molar-refractivity contribution in [3.63, 3.8) is 0 Å². The number of nitrogens with one attached hydrogen (secondary N) is 1. The largest absolute Gasteiger partial charge is 0.497 e. The van der Waals surface area contributed by atoms with E-state index in [-0.39, 0.29) is 11.9 Å². The van der Waals surface area contributed by atoms with E-state index >= 15 is 0 Å². The highest BCUT2D eigenvalue weighted by atomic mass is 19.1. The zero-order valence-corrected chi connectivity index (χ0v) is 12.5. The molecule has 112 valence electrons. The average Bonchev–Trinajstić information content (AvgIpc) is 2.52. The molecule has 1 atom stereocenters. The fraction of sp³-hybridized carbons (Fsp3) is 0.294. The summed E-state index contributed by atoms with van der Waals surface area (Å²) < 4.78 is 23.8. The van der Waals surface area contributed by atoms with Gasteiger partial charge in [0, 0.05) is 18.2 Å². The van der Waals surface area contributed by atoms with Gasteiger partial charge in [0.25, 0.3) is 0 Å². The summed E-state index contributed by atoms with van der Waals surface area (Å²) in [4.78, 5) is 0. The molecular weight excluding hydrogens is 269 g/mol. The summed E-state index contributed by atoms with van der Waals surface area (Å²) in [5, 5.41) is 3.37. The second-order valence-electron chi connectivity index (χ2n) is 4.84. The monoisotopic (exact) mass is 289 g/mol. The average molecular weight is 289 g/mol. The van der Waals surface area contributed by atoms with Crippen LogP contribution in [0.1, 0.15) is 24.1 Å². The third-order valence-electron chi connectivity index (χ3n) is 3.43. The summed E-state index contributed by atoms with van der Waals surface area (Å²) >= 11 is 0. The highest BCUT2D eigenvalue weighted by Crippen LogP contribution is 2.24. The summed E-state index contributed by atoms with van der Waals surface area (Å²) in [6, 6.07) is 12.3. The molecule has 0 aliphatic carbocycles. The summed E-state index contributed by atoms with van der Waals surface area (Å²) in [5.74, 6) is 1.36. The van der Waals surface area contributed by atoms with Crippen LogP contribution in [0.25, 0.3) is 0 Å². The van der Waals surface area contributed by atoms with Crippen LogP contribution in [-0.4, -0.2) is 14.2 Å². The first-order valence-electron chi connectivity index (χ1n) is 6.83. The van der Waals surface area contributed by atoms with Gasteiger partial charge in [-0.15, -0.1) is 0 Å². The maximum atomic E-state index is 13.2. The number of hydrogen-bond acceptors (Lipinski definition) is 3. The minimum absolute atomic E-state index is 0.0385. The minimum Gasteiger partial charge on any atom is -0.497 e. The van der Waals surface area contributed by atoms with Gasteiger partial charge < -0.3 is 14.8 Å². The van der Waals surface area contributed by atoms with E-state index in [0.717, 1.165) is 22.6 Å². The molecule has 0 saturated carbocycles. The Hall–Kier alpha value is -2.07. The van der Waals surface area contributed by atoms with Crippen molar-refractivity contribution in [2.24, 2.45) is 0 Å². The number of halogens is 1. The molecule has 0 heterocycles. The fourth-order valence-electron chi connectivity index (χ4n) is 2.18. The number of methoxy groups -OCH3 is 2. The first-order valence-corrected chi connectivity index (χ1v) is 6.83. The van der Waals surface area contributed by atoms with Crippen molar-refractivity contribution < 1.29 is 13.9 Å². The van der Waals surface area contributed by atoms with Gasteiger partial charge in [-0.3, -0.25) is 0 Å². The Morgan fingerprint density at radius 2 is 1.90 bits per heavy atom. The Bertz CT molecular complexity index is 601. The molecule has 0 saturated heterocycles. The first kappa shape index (κ1) is 15.3. The Morgan fingerprint density at radius 3 is 2.57 bits per heavy atom. The lowest BCUT2D eigenvalue weighted by atomic mass is 10.1. The second kappa shape index (κ2) is 7.09. The van der Waals surface area contributed by atoms with Gasteiger partial charge in [-0.2, -0.15) is 0 Å². The van der Waals surface area contributed by atoms with E-state index in [2.05, 4.69) is 5.32 Å². The van der Waals surface area contributed by atoms with E-state index in [9.17, 15) is 4.39 Å². The molecule has 0 spiro atoms. The molecule has 4 heteroatoms. The zero-order chi connectivity index (χ0) is 15.2. The summed E-state index contributed by atoms with van der Waals surface area (Å²) in [7, 11) is 3.27. The Morgan fingerprint density at radius 1 is 1.10 bits per heavy atom. The highest BCUT2D eigenvalue weighted by molar-refractivity contribution is 5.40. The highest BCUT2D eigenvalue weighted by Gasteiger charge is 2.09. The van der Waals surface area contributed by atoms with Crippen LogP contribution in [0, 0.1) is 5.82 Å². The van der Waals surface area contributed by atoms with Crippen LogP contribution in [0.15, 0.2) is 42.5 Å². The van der Waals surface area contributed by atoms with E-state index < -0.39 is 0 Å². The van der Waals surface area contributed by atoms with Gasteiger partial charge in [0.05, 0.1) is 14.2 Å². The molecule has 21 heavy (non-hydrogen) atoms. The molecule has 0 aromatic heterocycles. The normalized spacial score (nSPS) is 12.0. The standard InChI is InChI=1S/C17H20FNO2/c1-12(13-5-4-6-15(18)9-13)19-11-14-10-16(20-2)7-8-17(14)21-3/h4-10,12,19H,11H2,1-3H3. The molecule has 0 aliphatic heterocycles. The quantitative estimate of drug-likeness (QED) is 0.879. The summed E-state index contributed by atoms with van der Waals surface area (Å²) in [6.07, 6.45) is 0. The van der Waals surface area contributed by atoms with E-state index in [1.54, 1.807) is 26.4 Å². The van der Waals surface area contributed by atoms with Gasteiger partial charge >= 0.3 is 0 Å². The molecule has 1 N–H and O–H groups in total. The minimum atomic E-state index is -0.222. The topological polar surface area (TPSA) is 30.5 Å². The molecule has 0 amide bonds. The lowest BCUT2D eigenvalue weighted by Gasteiger charge is -2.16. The molecule has 2 aromatic carbocycles. The van der Waals surface area contributed by atoms with Gasteiger partial charge in [0.1, 0.15) is 17.3 Å². The van der Waals surface area contributed by atoms with Crippen LogP contribution >= 0.6 is 0 Å². The van der Waals surface area contributed by atoms with Crippen molar-refractivity contribution in [1.82, 2.24) is 5.32 Å². The van der Waals surface area contributed by atoms with E-state index in [4.69, 9.17) is 9.47 Å². The Balaban J connectivity index is 2.08. The van der Waals surface area contributed by atoms with Gasteiger partial charge in [-0.05, 0) is 42.8 Å². The van der Waals surface area contributed by atoms with Crippen molar-refractivity contribution in [1.29, 1.82) is 0 Å². The summed E-state index contributed by atoms with van der Waals surface area (Å²) in [6.45, 7) is 2.61. The second-order valence-corrected chi connectivity index (χ2v) is 4.84. The number of hydrogen-bond donors (Lipinski definition) is 1. The molecule has 1 unspecified atom stereocenters. The van der Waals surface area contributed by atoms with Crippen molar-refractivity contribution in [2.45, 2.75) is 19.5 Å². The molecule has 2 rings (SSSR count). The predicted octanol–water partition coefficient (Wildman–Crippen LogP) is 3.69. The zero-order valence-electron chi connectivity index (χ0n) is 12.5. The molecule has 0 aliphatic rings. The van der Waals surface area contributed by atoms with Crippen molar-refractivity contribution >= 4 is 0 Å². The number of benzene rings is 2. The molecule has 0 bridgehead atoms. The number of ether oxygens (including phenoxy) is 2. The van der Waals surface area contributed by atoms with Gasteiger partial charge in [0.15, 0.2) is 0 Å². The van der Waals surface area contributed by atoms with Crippen LogP contribution in [-0.2, 0) is 6.54 Å². The van der Waals surface area contributed by atoms with Crippen LogP contribution < -0.4 is 14.8 Å². The molecule has 0 radical (unpaired) electrons. The number of rotatable bonds is 6. The van der Waals surface area contributed by atoms with Gasteiger partial charge in [0.2, 0.25) is 0 Å². The van der Waals surface area contributed by atoms with Crippen LogP contribution in [0.4, 0.5) is 4.39 Å². The maximum Gasteiger partial charge on any atom is 0.123 e. The van der Waals surface area contributed by atoms with Crippen molar-refractivity contribution in [3.05, 3.63) is 59.4 Å². The molecule has 0 fully saturated rings. The molecule has 2 aromatic rings. The predicted molar refractivity (Wildman–Crippen MR) is 81.2 cm³/mol. The van der Waals surface area contributed by atoms with E-state index in [1.165, 1.54) is 6.07 Å². The van der Waals surface area contributed by atoms with Gasteiger partial charge in [-0.25, -0.2) is 4.39 Å². The third kappa shape index (κ3) is 3.95. The lowest BCUT2D eigenvalue weighted by molar-refractivity contribution is 0.395. The Labute approximate surface area is 124 Å². The van der Waals surface area contributed by atoms with E-state index in [0.29, 0.717) is 6.54 Å². The van der Waals surface area contributed by atoms with Crippen molar-refractivity contribution in [3.8, 4) is 11.5 Å². The molecule has 3 nitrogen and oxygen atoms in total. The van der Waals surface area contributed by atoms with E-state index in [1.807, 2.05) is 31.2 Å². The third-order valence-corrected chi connectivity index (χ3v) is 3.43. The van der Waals surface area contributed by atoms with Crippen LogP contribution in [0.2, 0.25) is 0 Å². The van der Waals surface area contributed by atoms with Crippen molar-refractivity contribution in [2.75, 3.05) is 14.2 Å². The Kier molecular flexibility index (Phi) is 5.17. The SMILES string of the molecule is COc1ccc(OC)c(CNC(C)c2cccc(F)c2)c1. The smallest absolute Gasteiger partial charge is 0.123 e. The lowest BCUT2D eigenvalue weighted by Crippen LogP contribution is -2.18.